The second-order valence-electron chi connectivity index (χ2n) is 5.59. The summed E-state index contributed by atoms with van der Waals surface area (Å²) in [5, 5.41) is 12.9. The number of nitrogens with one attached hydrogen (secondary N) is 1. The van der Waals surface area contributed by atoms with Gasteiger partial charge < -0.3 is 15.3 Å². The van der Waals surface area contributed by atoms with E-state index in [0.29, 0.717) is 6.54 Å². The van der Waals surface area contributed by atoms with Crippen LogP contribution >= 0.6 is 0 Å². The zero-order valence-electron chi connectivity index (χ0n) is 13.5. The molecule has 1 amide bonds. The first-order valence-corrected chi connectivity index (χ1v) is 7.92. The third-order valence-electron chi connectivity index (χ3n) is 3.75. The van der Waals surface area contributed by atoms with Gasteiger partial charge in [-0.1, -0.05) is 48.5 Å². The molecule has 0 saturated heterocycles. The van der Waals surface area contributed by atoms with Gasteiger partial charge in [0, 0.05) is 25.8 Å². The monoisotopic (exact) mass is 312 g/mol. The van der Waals surface area contributed by atoms with E-state index < -0.39 is 6.10 Å². The van der Waals surface area contributed by atoms with Crippen molar-refractivity contribution >= 4 is 11.6 Å². The molecule has 0 heterocycles. The molecule has 0 aliphatic carbocycles. The predicted octanol–water partition coefficient (Wildman–Crippen LogP) is 2.75. The second kappa shape index (κ2) is 8.96. The third kappa shape index (κ3) is 5.75. The maximum Gasteiger partial charge on any atom is 0.222 e. The van der Waals surface area contributed by atoms with Gasteiger partial charge >= 0.3 is 0 Å². The summed E-state index contributed by atoms with van der Waals surface area (Å²) in [6, 6.07) is 19.4. The zero-order valence-corrected chi connectivity index (χ0v) is 13.5. The van der Waals surface area contributed by atoms with E-state index in [2.05, 4.69) is 22.3 Å². The highest BCUT2D eigenvalue weighted by atomic mass is 16.3. The molecule has 2 N–H and O–H groups in total. The van der Waals surface area contributed by atoms with Crippen LogP contribution in [0.4, 0.5) is 5.69 Å². The van der Waals surface area contributed by atoms with Crippen molar-refractivity contribution in [1.82, 2.24) is 5.32 Å². The number of rotatable bonds is 8. The van der Waals surface area contributed by atoms with E-state index in [1.807, 2.05) is 55.6 Å². The Hall–Kier alpha value is -2.33. The lowest BCUT2D eigenvalue weighted by Gasteiger charge is -2.19. The van der Waals surface area contributed by atoms with Gasteiger partial charge in [-0.25, -0.2) is 0 Å². The fourth-order valence-electron chi connectivity index (χ4n) is 2.40. The highest BCUT2D eigenvalue weighted by Crippen LogP contribution is 2.15. The van der Waals surface area contributed by atoms with Crippen molar-refractivity contribution in [1.29, 1.82) is 0 Å². The number of aliphatic hydroxyl groups excluding tert-OH is 1. The van der Waals surface area contributed by atoms with E-state index in [1.54, 1.807) is 0 Å². The van der Waals surface area contributed by atoms with Crippen LogP contribution in [0.5, 0.6) is 0 Å². The number of aliphatic hydroxyl groups is 1. The lowest BCUT2D eigenvalue weighted by molar-refractivity contribution is -0.123. The molecule has 0 fully saturated rings. The SMILES string of the molecule is CN(CCCNC(=O)CC(O)c1ccccc1)c1ccccc1. The van der Waals surface area contributed by atoms with Crippen LogP contribution in [-0.2, 0) is 4.79 Å². The van der Waals surface area contributed by atoms with Gasteiger partial charge in [-0.15, -0.1) is 0 Å². The molecule has 0 bridgehead atoms. The van der Waals surface area contributed by atoms with E-state index in [-0.39, 0.29) is 12.3 Å². The maximum absolute atomic E-state index is 11.9. The molecule has 0 spiro atoms. The van der Waals surface area contributed by atoms with Gasteiger partial charge in [0.15, 0.2) is 0 Å². The first-order chi connectivity index (χ1) is 11.2. The molecular formula is C19H24N2O2. The van der Waals surface area contributed by atoms with Gasteiger partial charge in [-0.05, 0) is 24.1 Å². The van der Waals surface area contributed by atoms with Crippen LogP contribution in [0, 0.1) is 0 Å². The van der Waals surface area contributed by atoms with Crippen molar-refractivity contribution in [3.63, 3.8) is 0 Å². The van der Waals surface area contributed by atoms with Crippen molar-refractivity contribution in [2.75, 3.05) is 25.0 Å². The Morgan fingerprint density at radius 1 is 1.09 bits per heavy atom. The van der Waals surface area contributed by atoms with Crippen LogP contribution in [0.3, 0.4) is 0 Å². The highest BCUT2D eigenvalue weighted by molar-refractivity contribution is 5.76. The predicted molar refractivity (Wildman–Crippen MR) is 93.4 cm³/mol. The van der Waals surface area contributed by atoms with Crippen LogP contribution in [0.25, 0.3) is 0 Å². The average Bonchev–Trinajstić information content (AvgIpc) is 2.60. The number of nitrogens with zero attached hydrogens (tertiary/aromatic N) is 1. The van der Waals surface area contributed by atoms with Gasteiger partial charge in [0.25, 0.3) is 0 Å². The van der Waals surface area contributed by atoms with E-state index in [4.69, 9.17) is 0 Å². The first-order valence-electron chi connectivity index (χ1n) is 7.92. The molecule has 0 aromatic heterocycles. The summed E-state index contributed by atoms with van der Waals surface area (Å²) in [6.45, 7) is 1.48. The second-order valence-corrected chi connectivity index (χ2v) is 5.59. The molecule has 2 aromatic rings. The number of hydrogen-bond acceptors (Lipinski definition) is 3. The number of hydrogen-bond donors (Lipinski definition) is 2. The molecule has 0 radical (unpaired) electrons. The zero-order chi connectivity index (χ0) is 16.5. The topological polar surface area (TPSA) is 52.6 Å². The number of para-hydroxylation sites is 1. The van der Waals surface area contributed by atoms with E-state index >= 15 is 0 Å². The van der Waals surface area contributed by atoms with Crippen LogP contribution in [0.2, 0.25) is 0 Å². The van der Waals surface area contributed by atoms with Gasteiger partial charge in [0.2, 0.25) is 5.91 Å². The molecule has 4 nitrogen and oxygen atoms in total. The van der Waals surface area contributed by atoms with Crippen molar-refractivity contribution in [3.05, 3.63) is 66.2 Å². The Morgan fingerprint density at radius 3 is 2.35 bits per heavy atom. The minimum Gasteiger partial charge on any atom is -0.388 e. The Balaban J connectivity index is 1.65. The van der Waals surface area contributed by atoms with Gasteiger partial charge in [0.1, 0.15) is 0 Å². The Labute approximate surface area is 137 Å². The summed E-state index contributed by atoms with van der Waals surface area (Å²) in [6.07, 6.45) is 0.208. The molecular weight excluding hydrogens is 288 g/mol. The third-order valence-corrected chi connectivity index (χ3v) is 3.75. The molecule has 0 aliphatic heterocycles. The van der Waals surface area contributed by atoms with Crippen LogP contribution < -0.4 is 10.2 Å². The molecule has 2 rings (SSSR count). The smallest absolute Gasteiger partial charge is 0.222 e. The van der Waals surface area contributed by atoms with Crippen molar-refractivity contribution in [2.45, 2.75) is 18.9 Å². The standard InChI is InChI=1S/C19H24N2O2/c1-21(17-11-6-3-7-12-17)14-8-13-20-19(23)15-18(22)16-9-4-2-5-10-16/h2-7,9-12,18,22H,8,13-15H2,1H3,(H,20,23). The minimum absolute atomic E-state index is 0.0958. The molecule has 1 atom stereocenters. The first kappa shape index (κ1) is 17.0. The van der Waals surface area contributed by atoms with Gasteiger partial charge in [0.05, 0.1) is 12.5 Å². The summed E-state index contributed by atoms with van der Waals surface area (Å²) >= 11 is 0. The van der Waals surface area contributed by atoms with Gasteiger partial charge in [-0.3, -0.25) is 4.79 Å². The Morgan fingerprint density at radius 2 is 1.70 bits per heavy atom. The van der Waals surface area contributed by atoms with Gasteiger partial charge in [-0.2, -0.15) is 0 Å². The largest absolute Gasteiger partial charge is 0.388 e. The van der Waals surface area contributed by atoms with E-state index in [0.717, 1.165) is 18.5 Å². The van der Waals surface area contributed by atoms with Crippen LogP contribution in [0.15, 0.2) is 60.7 Å². The number of benzene rings is 2. The molecule has 0 saturated carbocycles. The Kier molecular flexibility index (Phi) is 6.63. The lowest BCUT2D eigenvalue weighted by Crippen LogP contribution is -2.29. The number of anilines is 1. The maximum atomic E-state index is 11.9. The number of carbonyl (C=O) groups is 1. The minimum atomic E-state index is -0.747. The normalized spacial score (nSPS) is 11.7. The van der Waals surface area contributed by atoms with E-state index in [1.165, 1.54) is 5.69 Å². The fourth-order valence-corrected chi connectivity index (χ4v) is 2.40. The summed E-state index contributed by atoms with van der Waals surface area (Å²) in [5.74, 6) is -0.122. The molecule has 2 aromatic carbocycles. The molecule has 122 valence electrons. The van der Waals surface area contributed by atoms with Crippen LogP contribution in [0.1, 0.15) is 24.5 Å². The number of amides is 1. The number of carbonyl (C=O) groups excluding carboxylic acids is 1. The summed E-state index contributed by atoms with van der Waals surface area (Å²) < 4.78 is 0. The summed E-state index contributed by atoms with van der Waals surface area (Å²) in [4.78, 5) is 14.0. The fraction of sp³-hybridized carbons (Fsp3) is 0.316. The summed E-state index contributed by atoms with van der Waals surface area (Å²) in [5.41, 5.74) is 1.93. The molecule has 4 heteroatoms. The van der Waals surface area contributed by atoms with Crippen molar-refractivity contribution in [3.8, 4) is 0 Å². The Bertz CT molecular complexity index is 587. The summed E-state index contributed by atoms with van der Waals surface area (Å²) in [7, 11) is 2.04. The lowest BCUT2D eigenvalue weighted by atomic mass is 10.1. The molecule has 1 unspecified atom stereocenters. The molecule has 0 aliphatic rings. The molecule has 23 heavy (non-hydrogen) atoms. The highest BCUT2D eigenvalue weighted by Gasteiger charge is 2.12. The van der Waals surface area contributed by atoms with E-state index in [9.17, 15) is 9.90 Å². The quantitative estimate of drug-likeness (QED) is 0.737. The van der Waals surface area contributed by atoms with Crippen molar-refractivity contribution in [2.24, 2.45) is 0 Å². The van der Waals surface area contributed by atoms with Crippen molar-refractivity contribution < 1.29 is 9.90 Å². The van der Waals surface area contributed by atoms with Crippen LogP contribution in [-0.4, -0.2) is 31.2 Å². The average molecular weight is 312 g/mol.